The van der Waals surface area contributed by atoms with Crippen LogP contribution < -0.4 is 5.32 Å². The molecule has 10 heteroatoms. The topological polar surface area (TPSA) is 83.8 Å². The van der Waals surface area contributed by atoms with E-state index in [0.29, 0.717) is 5.02 Å². The first-order chi connectivity index (χ1) is 11.8. The summed E-state index contributed by atoms with van der Waals surface area (Å²) in [6, 6.07) is 4.82. The molecule has 3 aromatic rings. The Morgan fingerprint density at radius 2 is 1.88 bits per heavy atom. The molecule has 2 heterocycles. The molecule has 2 N–H and O–H groups in total. The van der Waals surface area contributed by atoms with Gasteiger partial charge in [-0.3, -0.25) is 4.98 Å². The van der Waals surface area contributed by atoms with Crippen molar-refractivity contribution >= 4 is 23.1 Å². The first-order valence-corrected chi connectivity index (χ1v) is 7.19. The molecule has 0 saturated heterocycles. The summed E-state index contributed by atoms with van der Waals surface area (Å²) in [5.41, 5.74) is -0.983. The van der Waals surface area contributed by atoms with Gasteiger partial charge in [0.2, 0.25) is 0 Å². The third-order valence-electron chi connectivity index (χ3n) is 3.03. The van der Waals surface area contributed by atoms with Crippen LogP contribution in [-0.4, -0.2) is 25.0 Å². The minimum absolute atomic E-state index is 0.0759. The molecule has 0 unspecified atom stereocenters. The molecule has 0 saturated carbocycles. The number of aromatic hydroxyl groups is 1. The lowest BCUT2D eigenvalue weighted by Gasteiger charge is -2.12. The third kappa shape index (κ3) is 3.94. The maximum Gasteiger partial charge on any atom is 0.433 e. The molecule has 0 aliphatic rings. The molecule has 0 spiro atoms. The van der Waals surface area contributed by atoms with Crippen LogP contribution in [-0.2, 0) is 6.18 Å². The summed E-state index contributed by atoms with van der Waals surface area (Å²) in [7, 11) is 0. The van der Waals surface area contributed by atoms with Crippen molar-refractivity contribution in [2.24, 2.45) is 0 Å². The molecule has 0 atom stereocenters. The number of rotatable bonds is 3. The van der Waals surface area contributed by atoms with Crippen molar-refractivity contribution < 1.29 is 18.3 Å². The van der Waals surface area contributed by atoms with Gasteiger partial charge in [-0.25, -0.2) is 15.0 Å². The molecule has 0 radical (unpaired) electrons. The zero-order chi connectivity index (χ0) is 18.0. The van der Waals surface area contributed by atoms with Crippen LogP contribution in [0.5, 0.6) is 5.75 Å². The van der Waals surface area contributed by atoms with Gasteiger partial charge in [-0.1, -0.05) is 11.6 Å². The van der Waals surface area contributed by atoms with Gasteiger partial charge >= 0.3 is 6.18 Å². The highest BCUT2D eigenvalue weighted by Gasteiger charge is 2.34. The van der Waals surface area contributed by atoms with E-state index in [4.69, 9.17) is 11.6 Å². The number of nitrogens with zero attached hydrogens (tertiary/aromatic N) is 4. The van der Waals surface area contributed by atoms with Gasteiger partial charge in [-0.15, -0.1) is 0 Å². The largest absolute Gasteiger partial charge is 0.506 e. The number of hydrogen-bond donors (Lipinski definition) is 2. The fourth-order valence-electron chi connectivity index (χ4n) is 1.93. The minimum Gasteiger partial charge on any atom is -0.506 e. The second-order valence-corrected chi connectivity index (χ2v) is 5.27. The summed E-state index contributed by atoms with van der Waals surface area (Å²) in [5, 5.41) is 12.7. The summed E-state index contributed by atoms with van der Waals surface area (Å²) in [6.07, 6.45) is -0.752. The Hall–Kier alpha value is -2.94. The van der Waals surface area contributed by atoms with Gasteiger partial charge in [0.25, 0.3) is 0 Å². The fourth-order valence-corrected chi connectivity index (χ4v) is 2.10. The lowest BCUT2D eigenvalue weighted by Crippen LogP contribution is -2.11. The lowest BCUT2D eigenvalue weighted by molar-refractivity contribution is -0.141. The van der Waals surface area contributed by atoms with Crippen LogP contribution in [0, 0.1) is 0 Å². The molecule has 0 fully saturated rings. The van der Waals surface area contributed by atoms with Crippen LogP contribution in [0.25, 0.3) is 11.5 Å². The Bertz CT molecular complexity index is 905. The molecule has 0 aliphatic carbocycles. The molecule has 0 amide bonds. The Morgan fingerprint density at radius 1 is 1.08 bits per heavy atom. The van der Waals surface area contributed by atoms with E-state index in [9.17, 15) is 18.3 Å². The SMILES string of the molecule is Oc1ccc(Cl)cc1Nc1cc(C(F)(F)F)nc(-c2cnccn2)n1. The van der Waals surface area contributed by atoms with Crippen molar-refractivity contribution in [3.05, 3.63) is 53.6 Å². The van der Waals surface area contributed by atoms with Gasteiger partial charge in [0, 0.05) is 23.5 Å². The van der Waals surface area contributed by atoms with Crippen LogP contribution in [0.15, 0.2) is 42.9 Å². The van der Waals surface area contributed by atoms with Crippen molar-refractivity contribution in [3.8, 4) is 17.3 Å². The Labute approximate surface area is 144 Å². The van der Waals surface area contributed by atoms with Crippen molar-refractivity contribution in [3.63, 3.8) is 0 Å². The van der Waals surface area contributed by atoms with Crippen LogP contribution >= 0.6 is 11.6 Å². The van der Waals surface area contributed by atoms with E-state index in [1.165, 1.54) is 36.8 Å². The molecule has 1 aromatic carbocycles. The number of phenolic OH excluding ortho intramolecular Hbond substituents is 1. The second kappa shape index (κ2) is 6.52. The number of benzene rings is 1. The maximum atomic E-state index is 13.1. The molecule has 128 valence electrons. The highest BCUT2D eigenvalue weighted by atomic mass is 35.5. The second-order valence-electron chi connectivity index (χ2n) is 4.84. The van der Waals surface area contributed by atoms with E-state index in [1.54, 1.807) is 0 Å². The predicted molar refractivity (Wildman–Crippen MR) is 84.5 cm³/mol. The molecule has 3 rings (SSSR count). The summed E-state index contributed by atoms with van der Waals surface area (Å²) < 4.78 is 39.4. The van der Waals surface area contributed by atoms with Crippen molar-refractivity contribution in [1.82, 2.24) is 19.9 Å². The fraction of sp³-hybridized carbons (Fsp3) is 0.0667. The van der Waals surface area contributed by atoms with Gasteiger partial charge in [0.05, 0.1) is 11.9 Å². The van der Waals surface area contributed by atoms with E-state index >= 15 is 0 Å². The molecule has 0 bridgehead atoms. The number of halogens is 4. The highest BCUT2D eigenvalue weighted by Crippen LogP contribution is 2.33. The van der Waals surface area contributed by atoms with Crippen LogP contribution in [0.1, 0.15) is 5.69 Å². The summed E-state index contributed by atoms with van der Waals surface area (Å²) in [4.78, 5) is 15.2. The van der Waals surface area contributed by atoms with E-state index in [-0.39, 0.29) is 28.8 Å². The average Bonchev–Trinajstić information content (AvgIpc) is 2.58. The Morgan fingerprint density at radius 3 is 2.56 bits per heavy atom. The molecular formula is C15H9ClF3N5O. The maximum absolute atomic E-state index is 13.1. The number of hydrogen-bond acceptors (Lipinski definition) is 6. The number of nitrogens with one attached hydrogen (secondary N) is 1. The van der Waals surface area contributed by atoms with Crippen LogP contribution in [0.4, 0.5) is 24.7 Å². The summed E-state index contributed by atoms with van der Waals surface area (Å²) in [5.74, 6) is -0.634. The van der Waals surface area contributed by atoms with Crippen molar-refractivity contribution in [2.45, 2.75) is 6.18 Å². The normalized spacial score (nSPS) is 11.4. The molecule has 25 heavy (non-hydrogen) atoms. The molecule has 0 aliphatic heterocycles. The first-order valence-electron chi connectivity index (χ1n) is 6.81. The third-order valence-corrected chi connectivity index (χ3v) is 3.27. The zero-order valence-electron chi connectivity index (χ0n) is 12.3. The van der Waals surface area contributed by atoms with E-state index < -0.39 is 11.9 Å². The number of alkyl halides is 3. The Kier molecular flexibility index (Phi) is 4.41. The van der Waals surface area contributed by atoms with Gasteiger partial charge in [0.15, 0.2) is 11.5 Å². The standard InChI is InChI=1S/C15H9ClF3N5O/c16-8-1-2-11(25)9(5-8)22-13-6-12(15(17,18)19)23-14(24-13)10-7-20-3-4-21-10/h1-7,25H,(H,22,23,24). The van der Waals surface area contributed by atoms with E-state index in [1.807, 2.05) is 0 Å². The van der Waals surface area contributed by atoms with E-state index in [2.05, 4.69) is 25.3 Å². The van der Waals surface area contributed by atoms with E-state index in [0.717, 1.165) is 6.07 Å². The minimum atomic E-state index is -4.69. The number of phenols is 1. The van der Waals surface area contributed by atoms with Crippen LogP contribution in [0.3, 0.4) is 0 Å². The molecular weight excluding hydrogens is 359 g/mol. The van der Waals surface area contributed by atoms with Crippen LogP contribution in [0.2, 0.25) is 5.02 Å². The van der Waals surface area contributed by atoms with Crippen molar-refractivity contribution in [1.29, 1.82) is 0 Å². The first kappa shape index (κ1) is 16.9. The van der Waals surface area contributed by atoms with Gasteiger partial charge in [-0.05, 0) is 18.2 Å². The Balaban J connectivity index is 2.08. The smallest absolute Gasteiger partial charge is 0.433 e. The lowest BCUT2D eigenvalue weighted by atomic mass is 10.2. The quantitative estimate of drug-likeness (QED) is 0.679. The van der Waals surface area contributed by atoms with Gasteiger partial charge in [0.1, 0.15) is 17.3 Å². The predicted octanol–water partition coefficient (Wildman–Crippen LogP) is 4.06. The summed E-state index contributed by atoms with van der Waals surface area (Å²) in [6.45, 7) is 0. The zero-order valence-corrected chi connectivity index (χ0v) is 13.0. The monoisotopic (exact) mass is 367 g/mol. The number of aromatic nitrogens is 4. The highest BCUT2D eigenvalue weighted by molar-refractivity contribution is 6.30. The van der Waals surface area contributed by atoms with Gasteiger partial charge in [-0.2, -0.15) is 13.2 Å². The average molecular weight is 368 g/mol. The summed E-state index contributed by atoms with van der Waals surface area (Å²) >= 11 is 5.83. The molecule has 2 aromatic heterocycles. The van der Waals surface area contributed by atoms with Gasteiger partial charge < -0.3 is 10.4 Å². The van der Waals surface area contributed by atoms with Crippen molar-refractivity contribution in [2.75, 3.05) is 5.32 Å². The number of anilines is 2. The molecule has 6 nitrogen and oxygen atoms in total.